The van der Waals surface area contributed by atoms with Crippen LogP contribution in [0.1, 0.15) is 5.56 Å². The Hall–Kier alpha value is -3.10. The minimum Gasteiger partial charge on any atom is -0.266 e. The number of hydrogen-bond acceptors (Lipinski definition) is 6. The molecule has 0 bridgehead atoms. The Morgan fingerprint density at radius 1 is 1.19 bits per heavy atom. The minimum absolute atomic E-state index is 0.0643. The van der Waals surface area contributed by atoms with Crippen LogP contribution in [0, 0.1) is 10.1 Å². The number of nitro groups is 1. The molecule has 2 heterocycles. The second-order valence-electron chi connectivity index (χ2n) is 5.37. The first-order valence-corrected chi connectivity index (χ1v) is 8.63. The molecule has 0 fully saturated rings. The van der Waals surface area contributed by atoms with E-state index in [1.54, 1.807) is 42.5 Å². The first-order chi connectivity index (χ1) is 12.5. The third-order valence-electron chi connectivity index (χ3n) is 3.68. The molecule has 2 aromatic carbocycles. The minimum atomic E-state index is -0.482. The Bertz CT molecular complexity index is 1260. The number of thiazole rings is 1. The number of nitro benzene ring substituents is 1. The van der Waals surface area contributed by atoms with Gasteiger partial charge in [0.1, 0.15) is 0 Å². The summed E-state index contributed by atoms with van der Waals surface area (Å²) in [5.74, 6) is 0.396. The van der Waals surface area contributed by atoms with Gasteiger partial charge < -0.3 is 0 Å². The van der Waals surface area contributed by atoms with Crippen LogP contribution >= 0.6 is 22.9 Å². The maximum atomic E-state index is 12.6. The third-order valence-corrected chi connectivity index (χ3v) is 4.88. The molecule has 4 rings (SSSR count). The average Bonchev–Trinajstić information content (AvgIpc) is 3.15. The fourth-order valence-corrected chi connectivity index (χ4v) is 3.59. The van der Waals surface area contributed by atoms with Crippen LogP contribution in [0.3, 0.4) is 0 Å². The molecule has 0 saturated carbocycles. The highest BCUT2D eigenvalue weighted by Crippen LogP contribution is 2.21. The molecule has 4 aromatic rings. The van der Waals surface area contributed by atoms with E-state index in [0.717, 1.165) is 11.3 Å². The lowest BCUT2D eigenvalue weighted by Crippen LogP contribution is -2.23. The molecule has 26 heavy (non-hydrogen) atoms. The molecule has 0 unspecified atom stereocenters. The van der Waals surface area contributed by atoms with Gasteiger partial charge in [0, 0.05) is 16.7 Å². The zero-order valence-corrected chi connectivity index (χ0v) is 14.6. The number of aromatic nitrogens is 3. The number of halogens is 1. The van der Waals surface area contributed by atoms with E-state index in [0.29, 0.717) is 31.5 Å². The maximum Gasteiger partial charge on any atom is 0.291 e. The summed E-state index contributed by atoms with van der Waals surface area (Å²) < 4.78 is 1.52. The van der Waals surface area contributed by atoms with Gasteiger partial charge in [-0.15, -0.1) is 5.10 Å². The summed E-state index contributed by atoms with van der Waals surface area (Å²) in [6.45, 7) is 0. The van der Waals surface area contributed by atoms with Gasteiger partial charge in [0.25, 0.3) is 11.2 Å². The van der Waals surface area contributed by atoms with E-state index in [1.165, 1.54) is 16.7 Å². The Kier molecular flexibility index (Phi) is 3.98. The van der Waals surface area contributed by atoms with E-state index in [9.17, 15) is 14.9 Å². The Labute approximate surface area is 155 Å². The van der Waals surface area contributed by atoms with Gasteiger partial charge in [-0.1, -0.05) is 47.2 Å². The van der Waals surface area contributed by atoms with Crippen molar-refractivity contribution in [2.24, 2.45) is 0 Å². The molecule has 128 valence electrons. The first-order valence-electron chi connectivity index (χ1n) is 7.43. The standard InChI is InChI=1S/C17H9ClN4O3S/c18-12-6-3-5-11(8-12)15-19-17-21(20-15)16(23)14(26-17)9-10-4-1-2-7-13(10)22(24)25/h1-9H. The van der Waals surface area contributed by atoms with Gasteiger partial charge >= 0.3 is 0 Å². The molecule has 0 atom stereocenters. The maximum absolute atomic E-state index is 12.6. The van der Waals surface area contributed by atoms with Crippen molar-refractivity contribution in [2.45, 2.75) is 0 Å². The molecule has 7 nitrogen and oxygen atoms in total. The van der Waals surface area contributed by atoms with Gasteiger partial charge in [0.2, 0.25) is 4.96 Å². The molecule has 0 amide bonds. The van der Waals surface area contributed by atoms with Crippen molar-refractivity contribution in [1.29, 1.82) is 0 Å². The van der Waals surface area contributed by atoms with Gasteiger partial charge in [0.15, 0.2) is 5.82 Å². The number of rotatable bonds is 3. The molecular formula is C17H9ClN4O3S. The summed E-state index contributed by atoms with van der Waals surface area (Å²) in [6.07, 6.45) is 1.49. The zero-order valence-electron chi connectivity index (χ0n) is 13.0. The van der Waals surface area contributed by atoms with Crippen LogP contribution < -0.4 is 10.1 Å². The number of hydrogen-bond donors (Lipinski definition) is 0. The smallest absolute Gasteiger partial charge is 0.266 e. The largest absolute Gasteiger partial charge is 0.291 e. The molecule has 2 aromatic heterocycles. The second-order valence-corrected chi connectivity index (χ2v) is 6.82. The molecule has 0 aliphatic heterocycles. The topological polar surface area (TPSA) is 90.4 Å². The van der Waals surface area contributed by atoms with E-state index >= 15 is 0 Å². The lowest BCUT2D eigenvalue weighted by molar-refractivity contribution is -0.385. The molecule has 0 aliphatic carbocycles. The van der Waals surface area contributed by atoms with Gasteiger partial charge in [-0.2, -0.15) is 9.50 Å². The van der Waals surface area contributed by atoms with Gasteiger partial charge in [-0.25, -0.2) is 0 Å². The number of benzene rings is 2. The van der Waals surface area contributed by atoms with Crippen LogP contribution in [0.15, 0.2) is 53.3 Å². The summed E-state index contributed by atoms with van der Waals surface area (Å²) in [5, 5.41) is 15.9. The Morgan fingerprint density at radius 3 is 2.73 bits per heavy atom. The molecule has 0 aliphatic rings. The van der Waals surface area contributed by atoms with Gasteiger partial charge in [0.05, 0.1) is 15.0 Å². The molecule has 0 radical (unpaired) electrons. The second kappa shape index (κ2) is 6.32. The van der Waals surface area contributed by atoms with Crippen LogP contribution in [0.2, 0.25) is 5.02 Å². The highest BCUT2D eigenvalue weighted by atomic mass is 35.5. The molecule has 0 N–H and O–H groups in total. The number of nitrogens with zero attached hydrogens (tertiary/aromatic N) is 4. The van der Waals surface area contributed by atoms with E-state index in [1.807, 2.05) is 0 Å². The highest BCUT2D eigenvalue weighted by molar-refractivity contribution is 7.15. The summed E-state index contributed by atoms with van der Waals surface area (Å²) in [7, 11) is 0. The number of para-hydroxylation sites is 1. The predicted octanol–water partition coefficient (Wildman–Crippen LogP) is 2.93. The fraction of sp³-hybridized carbons (Fsp3) is 0. The monoisotopic (exact) mass is 384 g/mol. The lowest BCUT2D eigenvalue weighted by Gasteiger charge is -1.95. The van der Waals surface area contributed by atoms with Crippen LogP contribution in [-0.2, 0) is 0 Å². The molecule has 0 saturated heterocycles. The van der Waals surface area contributed by atoms with E-state index < -0.39 is 4.92 Å². The molecule has 0 spiro atoms. The molecule has 9 heteroatoms. The van der Waals surface area contributed by atoms with E-state index in [-0.39, 0.29) is 11.2 Å². The summed E-state index contributed by atoms with van der Waals surface area (Å²) in [4.78, 5) is 28.0. The normalized spacial score (nSPS) is 12.0. The lowest BCUT2D eigenvalue weighted by atomic mass is 10.2. The summed E-state index contributed by atoms with van der Waals surface area (Å²) >= 11 is 7.10. The summed E-state index contributed by atoms with van der Waals surface area (Å²) in [5.41, 5.74) is 0.626. The zero-order chi connectivity index (χ0) is 18.3. The van der Waals surface area contributed by atoms with Crippen LogP contribution in [0.4, 0.5) is 5.69 Å². The summed E-state index contributed by atoms with van der Waals surface area (Å²) in [6, 6.07) is 13.3. The van der Waals surface area contributed by atoms with Gasteiger partial charge in [-0.3, -0.25) is 14.9 Å². The molecular weight excluding hydrogens is 376 g/mol. The van der Waals surface area contributed by atoms with Crippen molar-refractivity contribution in [1.82, 2.24) is 14.6 Å². The van der Waals surface area contributed by atoms with Crippen molar-refractivity contribution in [2.75, 3.05) is 0 Å². The van der Waals surface area contributed by atoms with E-state index in [2.05, 4.69) is 10.1 Å². The fourth-order valence-electron chi connectivity index (χ4n) is 2.50. The number of fused-ring (bicyclic) bond motifs is 1. The van der Waals surface area contributed by atoms with Crippen molar-refractivity contribution >= 4 is 39.7 Å². The SMILES string of the molecule is O=c1c(=Cc2ccccc2[N+](=O)[O-])sc2nc(-c3cccc(Cl)c3)nn12. The van der Waals surface area contributed by atoms with E-state index in [4.69, 9.17) is 11.6 Å². The van der Waals surface area contributed by atoms with Crippen LogP contribution in [-0.4, -0.2) is 19.5 Å². The highest BCUT2D eigenvalue weighted by Gasteiger charge is 2.14. The first kappa shape index (κ1) is 16.4. The van der Waals surface area contributed by atoms with Crippen molar-refractivity contribution in [3.63, 3.8) is 0 Å². The third kappa shape index (κ3) is 2.85. The van der Waals surface area contributed by atoms with Crippen molar-refractivity contribution in [3.05, 3.63) is 84.1 Å². The Morgan fingerprint density at radius 2 is 2.00 bits per heavy atom. The quantitative estimate of drug-likeness (QED) is 0.400. The van der Waals surface area contributed by atoms with Crippen LogP contribution in [0.25, 0.3) is 22.4 Å². The van der Waals surface area contributed by atoms with Crippen molar-refractivity contribution in [3.8, 4) is 11.4 Å². The Balaban J connectivity index is 1.85. The van der Waals surface area contributed by atoms with Crippen LogP contribution in [0.5, 0.6) is 0 Å². The van der Waals surface area contributed by atoms with Gasteiger partial charge in [-0.05, 0) is 24.3 Å². The average molecular weight is 385 g/mol. The predicted molar refractivity (Wildman–Crippen MR) is 99.5 cm³/mol. The van der Waals surface area contributed by atoms with Crippen molar-refractivity contribution < 1.29 is 4.92 Å².